The lowest BCUT2D eigenvalue weighted by molar-refractivity contribution is -0.121. The van der Waals surface area contributed by atoms with Gasteiger partial charge < -0.3 is 15.6 Å². The second kappa shape index (κ2) is 9.67. The average Bonchev–Trinajstić information content (AvgIpc) is 2.93. The van der Waals surface area contributed by atoms with Crippen molar-refractivity contribution in [2.24, 2.45) is 12.8 Å². The van der Waals surface area contributed by atoms with E-state index >= 15 is 0 Å². The highest BCUT2D eigenvalue weighted by Gasteiger charge is 2.18. The molecule has 2 rings (SSSR count). The Kier molecular flexibility index (Phi) is 8.22. The van der Waals surface area contributed by atoms with E-state index in [9.17, 15) is 13.2 Å². The number of nitrogens with two attached hydrogens (primary N) is 1. The standard InChI is InChI=1S/C16H23N5O3S.ClH/c1-12-20-16(11-21(12)2)25(23,24)19-9-8-15(22)18-10-14(17)13-6-4-3-5-7-13;/h3-7,11,14,19H,8-10,17H2,1-2H3,(H,18,22);1H. The monoisotopic (exact) mass is 401 g/mol. The minimum Gasteiger partial charge on any atom is -0.354 e. The first-order chi connectivity index (χ1) is 11.8. The molecule has 0 saturated heterocycles. The van der Waals surface area contributed by atoms with Crippen molar-refractivity contribution in [3.05, 3.63) is 47.9 Å². The third kappa shape index (κ3) is 6.10. The molecule has 0 fully saturated rings. The molecular formula is C16H24ClN5O3S. The number of amides is 1. The van der Waals surface area contributed by atoms with Crippen molar-refractivity contribution in [3.63, 3.8) is 0 Å². The first-order valence-electron chi connectivity index (χ1n) is 7.86. The fraction of sp³-hybridized carbons (Fsp3) is 0.375. The minimum atomic E-state index is -3.72. The quantitative estimate of drug-likeness (QED) is 0.599. The van der Waals surface area contributed by atoms with E-state index in [0.717, 1.165) is 5.56 Å². The molecule has 1 heterocycles. The number of nitrogens with zero attached hydrogens (tertiary/aromatic N) is 2. The van der Waals surface area contributed by atoms with Crippen LogP contribution in [0, 0.1) is 6.92 Å². The molecule has 26 heavy (non-hydrogen) atoms. The molecule has 1 atom stereocenters. The molecule has 0 aliphatic heterocycles. The van der Waals surface area contributed by atoms with E-state index in [2.05, 4.69) is 15.0 Å². The van der Waals surface area contributed by atoms with Crippen LogP contribution in [0.25, 0.3) is 0 Å². The van der Waals surface area contributed by atoms with E-state index in [1.807, 2.05) is 30.3 Å². The summed E-state index contributed by atoms with van der Waals surface area (Å²) in [5.74, 6) is 0.319. The van der Waals surface area contributed by atoms with Crippen LogP contribution in [0.15, 0.2) is 41.6 Å². The van der Waals surface area contributed by atoms with E-state index in [1.54, 1.807) is 18.5 Å². The maximum Gasteiger partial charge on any atom is 0.259 e. The fourth-order valence-corrected chi connectivity index (χ4v) is 3.23. The lowest BCUT2D eigenvalue weighted by atomic mass is 10.1. The number of benzene rings is 1. The number of rotatable bonds is 8. The number of imidazole rings is 1. The van der Waals surface area contributed by atoms with Crippen molar-refractivity contribution in [2.45, 2.75) is 24.4 Å². The van der Waals surface area contributed by atoms with Gasteiger partial charge in [-0.3, -0.25) is 4.79 Å². The van der Waals surface area contributed by atoms with Crippen molar-refractivity contribution < 1.29 is 13.2 Å². The van der Waals surface area contributed by atoms with Gasteiger partial charge in [0.25, 0.3) is 10.0 Å². The summed E-state index contributed by atoms with van der Waals surface area (Å²) >= 11 is 0. The van der Waals surface area contributed by atoms with Crippen LogP contribution in [-0.4, -0.2) is 37.0 Å². The summed E-state index contributed by atoms with van der Waals surface area (Å²) in [6.45, 7) is 1.99. The third-order valence-corrected chi connectivity index (χ3v) is 5.08. The zero-order valence-electron chi connectivity index (χ0n) is 14.7. The Morgan fingerprint density at radius 2 is 1.96 bits per heavy atom. The maximum atomic E-state index is 12.1. The molecule has 0 saturated carbocycles. The first-order valence-corrected chi connectivity index (χ1v) is 9.35. The summed E-state index contributed by atoms with van der Waals surface area (Å²) in [4.78, 5) is 15.8. The Balaban J connectivity index is 0.00000338. The van der Waals surface area contributed by atoms with Crippen LogP contribution in [-0.2, 0) is 21.9 Å². The molecule has 1 unspecified atom stereocenters. The number of nitrogens with one attached hydrogen (secondary N) is 2. The van der Waals surface area contributed by atoms with Crippen molar-refractivity contribution in [1.82, 2.24) is 19.6 Å². The van der Waals surface area contributed by atoms with Gasteiger partial charge in [0.05, 0.1) is 0 Å². The Bertz CT molecular complexity index is 804. The van der Waals surface area contributed by atoms with Crippen LogP contribution in [0.5, 0.6) is 0 Å². The van der Waals surface area contributed by atoms with Crippen molar-refractivity contribution in [1.29, 1.82) is 0 Å². The van der Waals surface area contributed by atoms with Gasteiger partial charge in [-0.05, 0) is 12.5 Å². The molecule has 0 aliphatic carbocycles. The summed E-state index contributed by atoms with van der Waals surface area (Å²) in [6.07, 6.45) is 1.45. The van der Waals surface area contributed by atoms with E-state index < -0.39 is 10.0 Å². The number of sulfonamides is 1. The van der Waals surface area contributed by atoms with Gasteiger partial charge in [-0.2, -0.15) is 0 Å². The molecule has 1 amide bonds. The topological polar surface area (TPSA) is 119 Å². The van der Waals surface area contributed by atoms with Crippen LogP contribution >= 0.6 is 12.4 Å². The highest BCUT2D eigenvalue weighted by atomic mass is 35.5. The van der Waals surface area contributed by atoms with Gasteiger partial charge in [0, 0.05) is 38.8 Å². The third-order valence-electron chi connectivity index (χ3n) is 3.75. The Morgan fingerprint density at radius 3 is 2.54 bits per heavy atom. The molecule has 1 aromatic carbocycles. The molecule has 10 heteroatoms. The number of aromatic nitrogens is 2. The van der Waals surface area contributed by atoms with Crippen LogP contribution in [0.1, 0.15) is 23.9 Å². The SMILES string of the molecule is Cc1nc(S(=O)(=O)NCCC(=O)NCC(N)c2ccccc2)cn1C.Cl. The first kappa shape index (κ1) is 22.1. The van der Waals surface area contributed by atoms with E-state index in [-0.39, 0.29) is 48.9 Å². The number of carbonyl (C=O) groups excluding carboxylic acids is 1. The summed E-state index contributed by atoms with van der Waals surface area (Å²) in [7, 11) is -2.01. The largest absolute Gasteiger partial charge is 0.354 e. The summed E-state index contributed by atoms with van der Waals surface area (Å²) in [5.41, 5.74) is 6.92. The highest BCUT2D eigenvalue weighted by molar-refractivity contribution is 7.89. The van der Waals surface area contributed by atoms with Gasteiger partial charge >= 0.3 is 0 Å². The second-order valence-electron chi connectivity index (χ2n) is 5.71. The molecular weight excluding hydrogens is 378 g/mol. The average molecular weight is 402 g/mol. The van der Waals surface area contributed by atoms with Crippen LogP contribution in [0.2, 0.25) is 0 Å². The van der Waals surface area contributed by atoms with Crippen LogP contribution in [0.3, 0.4) is 0 Å². The lowest BCUT2D eigenvalue weighted by Gasteiger charge is -2.13. The van der Waals surface area contributed by atoms with Crippen LogP contribution in [0.4, 0.5) is 0 Å². The van der Waals surface area contributed by atoms with Gasteiger partial charge in [-0.25, -0.2) is 18.1 Å². The van der Waals surface area contributed by atoms with Crippen molar-refractivity contribution in [3.8, 4) is 0 Å². The van der Waals surface area contributed by atoms with Gasteiger partial charge in [0.1, 0.15) is 5.82 Å². The van der Waals surface area contributed by atoms with E-state index in [0.29, 0.717) is 5.82 Å². The number of carbonyl (C=O) groups is 1. The maximum absolute atomic E-state index is 12.1. The minimum absolute atomic E-state index is 0. The van der Waals surface area contributed by atoms with Gasteiger partial charge in [-0.1, -0.05) is 30.3 Å². The number of halogens is 1. The lowest BCUT2D eigenvalue weighted by Crippen LogP contribution is -2.34. The molecule has 8 nitrogen and oxygen atoms in total. The summed E-state index contributed by atoms with van der Waals surface area (Å²) in [6, 6.07) is 9.12. The summed E-state index contributed by atoms with van der Waals surface area (Å²) < 4.78 is 28.2. The van der Waals surface area contributed by atoms with Gasteiger partial charge in [0.15, 0.2) is 5.03 Å². The Hall–Kier alpha value is -1.94. The van der Waals surface area contributed by atoms with Gasteiger partial charge in [0.2, 0.25) is 5.91 Å². The highest BCUT2D eigenvalue weighted by Crippen LogP contribution is 2.08. The molecule has 0 aliphatic rings. The number of hydrogen-bond acceptors (Lipinski definition) is 5. The second-order valence-corrected chi connectivity index (χ2v) is 7.42. The van der Waals surface area contributed by atoms with Crippen molar-refractivity contribution >= 4 is 28.3 Å². The Morgan fingerprint density at radius 1 is 1.31 bits per heavy atom. The molecule has 1 aromatic heterocycles. The zero-order chi connectivity index (χ0) is 18.4. The number of hydrogen-bond donors (Lipinski definition) is 3. The predicted octanol–water partition coefficient (Wildman–Crippen LogP) is 0.635. The molecule has 4 N–H and O–H groups in total. The Labute approximate surface area is 159 Å². The smallest absolute Gasteiger partial charge is 0.259 e. The molecule has 144 valence electrons. The predicted molar refractivity (Wildman–Crippen MR) is 101 cm³/mol. The van der Waals surface area contributed by atoms with Crippen LogP contribution < -0.4 is 15.8 Å². The van der Waals surface area contributed by atoms with Gasteiger partial charge in [-0.15, -0.1) is 12.4 Å². The molecule has 0 radical (unpaired) electrons. The molecule has 0 spiro atoms. The number of aryl methyl sites for hydroxylation is 2. The normalized spacial score (nSPS) is 12.3. The van der Waals surface area contributed by atoms with E-state index in [4.69, 9.17) is 5.73 Å². The fourth-order valence-electron chi connectivity index (χ4n) is 2.16. The molecule has 0 bridgehead atoms. The van der Waals surface area contributed by atoms with E-state index in [1.165, 1.54) is 6.20 Å². The van der Waals surface area contributed by atoms with Crippen molar-refractivity contribution in [2.75, 3.05) is 13.1 Å². The summed E-state index contributed by atoms with van der Waals surface area (Å²) in [5, 5.41) is 2.65. The molecule has 2 aromatic rings. The zero-order valence-corrected chi connectivity index (χ0v) is 16.3.